The Morgan fingerprint density at radius 2 is 1.65 bits per heavy atom. The summed E-state index contributed by atoms with van der Waals surface area (Å²) in [6, 6.07) is 14.7. The van der Waals surface area contributed by atoms with Crippen molar-refractivity contribution in [3.63, 3.8) is 0 Å². The molecule has 0 spiro atoms. The van der Waals surface area contributed by atoms with Crippen LogP contribution in [0.2, 0.25) is 5.02 Å². The first-order valence-corrected chi connectivity index (χ1v) is 7.42. The second kappa shape index (κ2) is 4.79. The van der Waals surface area contributed by atoms with E-state index < -0.39 is 0 Å². The van der Waals surface area contributed by atoms with Crippen LogP contribution in [0.25, 0.3) is 17.2 Å². The summed E-state index contributed by atoms with van der Waals surface area (Å²) in [5, 5.41) is 0.787. The van der Waals surface area contributed by atoms with Crippen molar-refractivity contribution in [3.05, 3.63) is 64.2 Å². The third-order valence-electron chi connectivity index (χ3n) is 4.03. The smallest absolute Gasteiger partial charge is 0.0406 e. The average molecular weight is 283 g/mol. The molecule has 0 fully saturated rings. The van der Waals surface area contributed by atoms with Crippen molar-refractivity contribution in [3.8, 4) is 11.1 Å². The van der Waals surface area contributed by atoms with Crippen LogP contribution in [0.1, 0.15) is 31.9 Å². The van der Waals surface area contributed by atoms with E-state index in [1.807, 2.05) is 12.1 Å². The van der Waals surface area contributed by atoms with Gasteiger partial charge in [-0.2, -0.15) is 0 Å². The van der Waals surface area contributed by atoms with E-state index in [1.165, 1.54) is 27.8 Å². The molecule has 3 rings (SSSR count). The lowest BCUT2D eigenvalue weighted by Gasteiger charge is -2.20. The fourth-order valence-corrected chi connectivity index (χ4v) is 2.87. The second-order valence-corrected chi connectivity index (χ2v) is 6.91. The summed E-state index contributed by atoms with van der Waals surface area (Å²) in [5.41, 5.74) is 7.12. The van der Waals surface area contributed by atoms with E-state index in [9.17, 15) is 0 Å². The second-order valence-electron chi connectivity index (χ2n) is 6.48. The van der Waals surface area contributed by atoms with Crippen molar-refractivity contribution in [2.75, 3.05) is 0 Å². The summed E-state index contributed by atoms with van der Waals surface area (Å²) < 4.78 is 0. The SMILES string of the molecule is CC(C)(C)C1=Cc2cccc(-c3ccc(Cl)cc3)c2C1. The molecule has 20 heavy (non-hydrogen) atoms. The molecule has 1 aliphatic carbocycles. The highest BCUT2D eigenvalue weighted by atomic mass is 35.5. The predicted molar refractivity (Wildman–Crippen MR) is 88.0 cm³/mol. The Labute approximate surface area is 126 Å². The maximum atomic E-state index is 5.99. The van der Waals surface area contributed by atoms with E-state index >= 15 is 0 Å². The van der Waals surface area contributed by atoms with Crippen molar-refractivity contribution in [1.82, 2.24) is 0 Å². The zero-order chi connectivity index (χ0) is 14.3. The molecule has 0 bridgehead atoms. The first kappa shape index (κ1) is 13.5. The van der Waals surface area contributed by atoms with E-state index in [2.05, 4.69) is 57.2 Å². The number of hydrogen-bond donors (Lipinski definition) is 0. The van der Waals surface area contributed by atoms with Crippen LogP contribution in [0, 0.1) is 5.41 Å². The third kappa shape index (κ3) is 2.41. The maximum Gasteiger partial charge on any atom is 0.0406 e. The normalized spacial score (nSPS) is 14.1. The lowest BCUT2D eigenvalue weighted by Crippen LogP contribution is -2.09. The minimum atomic E-state index is 0.232. The molecular formula is C19H19Cl. The highest BCUT2D eigenvalue weighted by Gasteiger charge is 2.24. The molecule has 0 aromatic heterocycles. The standard InChI is InChI=1S/C19H19Cl/c1-19(2,3)15-11-14-5-4-6-17(18(14)12-15)13-7-9-16(20)10-8-13/h4-11H,12H2,1-3H3. The Morgan fingerprint density at radius 1 is 0.950 bits per heavy atom. The van der Waals surface area contributed by atoms with Crippen LogP contribution in [0.3, 0.4) is 0 Å². The molecule has 2 aromatic carbocycles. The molecule has 0 saturated carbocycles. The van der Waals surface area contributed by atoms with E-state index in [0.717, 1.165) is 11.4 Å². The third-order valence-corrected chi connectivity index (χ3v) is 4.28. The molecule has 2 aromatic rings. The van der Waals surface area contributed by atoms with Gasteiger partial charge in [0.2, 0.25) is 0 Å². The molecule has 0 saturated heterocycles. The number of allylic oxidation sites excluding steroid dienone is 1. The molecule has 0 N–H and O–H groups in total. The Hall–Kier alpha value is -1.53. The predicted octanol–water partition coefficient (Wildman–Crippen LogP) is 5.99. The van der Waals surface area contributed by atoms with E-state index in [1.54, 1.807) is 0 Å². The molecule has 0 atom stereocenters. The minimum absolute atomic E-state index is 0.232. The summed E-state index contributed by atoms with van der Waals surface area (Å²) in [7, 11) is 0. The van der Waals surface area contributed by atoms with E-state index in [-0.39, 0.29) is 5.41 Å². The Morgan fingerprint density at radius 3 is 2.30 bits per heavy atom. The van der Waals surface area contributed by atoms with Crippen LogP contribution in [0.5, 0.6) is 0 Å². The van der Waals surface area contributed by atoms with Crippen LogP contribution in [-0.2, 0) is 6.42 Å². The van der Waals surface area contributed by atoms with Gasteiger partial charge in [0.05, 0.1) is 0 Å². The van der Waals surface area contributed by atoms with Crippen molar-refractivity contribution in [1.29, 1.82) is 0 Å². The quantitative estimate of drug-likeness (QED) is 0.602. The van der Waals surface area contributed by atoms with Crippen LogP contribution in [0.4, 0.5) is 0 Å². The first-order valence-electron chi connectivity index (χ1n) is 7.04. The summed E-state index contributed by atoms with van der Waals surface area (Å²) in [6.07, 6.45) is 3.41. The maximum absolute atomic E-state index is 5.99. The van der Waals surface area contributed by atoms with Crippen LogP contribution in [0.15, 0.2) is 48.0 Å². The molecule has 0 amide bonds. The molecule has 0 radical (unpaired) electrons. The first-order chi connectivity index (χ1) is 9.45. The Bertz CT molecular complexity index is 670. The largest absolute Gasteiger partial charge is 0.0843 e. The fraction of sp³-hybridized carbons (Fsp3) is 0.263. The lowest BCUT2D eigenvalue weighted by atomic mass is 9.85. The number of rotatable bonds is 1. The van der Waals surface area contributed by atoms with Gasteiger partial charge in [0.15, 0.2) is 0 Å². The highest BCUT2D eigenvalue weighted by Crippen LogP contribution is 2.40. The summed E-state index contributed by atoms with van der Waals surface area (Å²) in [5.74, 6) is 0. The molecule has 0 heterocycles. The summed E-state index contributed by atoms with van der Waals surface area (Å²) >= 11 is 5.99. The molecule has 0 unspecified atom stereocenters. The number of halogens is 1. The van der Waals surface area contributed by atoms with Gasteiger partial charge >= 0.3 is 0 Å². The zero-order valence-corrected chi connectivity index (χ0v) is 13.0. The van der Waals surface area contributed by atoms with E-state index in [4.69, 9.17) is 11.6 Å². The van der Waals surface area contributed by atoms with Gasteiger partial charge in [0, 0.05) is 5.02 Å². The zero-order valence-electron chi connectivity index (χ0n) is 12.2. The Kier molecular flexibility index (Phi) is 3.22. The van der Waals surface area contributed by atoms with Crippen molar-refractivity contribution >= 4 is 17.7 Å². The molecular weight excluding hydrogens is 264 g/mol. The summed E-state index contributed by atoms with van der Waals surface area (Å²) in [4.78, 5) is 0. The van der Waals surface area contributed by atoms with Gasteiger partial charge in [-0.3, -0.25) is 0 Å². The van der Waals surface area contributed by atoms with Crippen molar-refractivity contribution in [2.24, 2.45) is 5.41 Å². The Balaban J connectivity index is 2.05. The topological polar surface area (TPSA) is 0 Å². The van der Waals surface area contributed by atoms with Crippen molar-refractivity contribution in [2.45, 2.75) is 27.2 Å². The molecule has 102 valence electrons. The van der Waals surface area contributed by atoms with Crippen LogP contribution >= 0.6 is 11.6 Å². The van der Waals surface area contributed by atoms with Crippen LogP contribution in [-0.4, -0.2) is 0 Å². The number of fused-ring (bicyclic) bond motifs is 1. The van der Waals surface area contributed by atoms with Gasteiger partial charge < -0.3 is 0 Å². The highest BCUT2D eigenvalue weighted by molar-refractivity contribution is 6.30. The number of hydrogen-bond acceptors (Lipinski definition) is 0. The monoisotopic (exact) mass is 282 g/mol. The fourth-order valence-electron chi connectivity index (χ4n) is 2.75. The van der Waals surface area contributed by atoms with Gasteiger partial charge in [0.1, 0.15) is 0 Å². The molecule has 0 aliphatic heterocycles. The van der Waals surface area contributed by atoms with Crippen molar-refractivity contribution < 1.29 is 0 Å². The minimum Gasteiger partial charge on any atom is -0.0843 e. The van der Waals surface area contributed by atoms with Gasteiger partial charge in [0.25, 0.3) is 0 Å². The van der Waals surface area contributed by atoms with E-state index in [0.29, 0.717) is 0 Å². The van der Waals surface area contributed by atoms with Gasteiger partial charge in [-0.1, -0.05) is 74.4 Å². The molecule has 0 nitrogen and oxygen atoms in total. The summed E-state index contributed by atoms with van der Waals surface area (Å²) in [6.45, 7) is 6.85. The molecule has 1 aliphatic rings. The van der Waals surface area contributed by atoms with Gasteiger partial charge in [-0.05, 0) is 46.2 Å². The lowest BCUT2D eigenvalue weighted by molar-refractivity contribution is 0.498. The average Bonchev–Trinajstić information content (AvgIpc) is 2.83. The van der Waals surface area contributed by atoms with Crippen LogP contribution < -0.4 is 0 Å². The number of benzene rings is 2. The van der Waals surface area contributed by atoms with Gasteiger partial charge in [-0.25, -0.2) is 0 Å². The van der Waals surface area contributed by atoms with Gasteiger partial charge in [-0.15, -0.1) is 0 Å². The molecule has 1 heteroatoms.